The van der Waals surface area contributed by atoms with Crippen molar-refractivity contribution in [2.75, 3.05) is 32.9 Å². The topological polar surface area (TPSA) is 117 Å². The summed E-state index contributed by atoms with van der Waals surface area (Å²) in [5.41, 5.74) is 9.84. The van der Waals surface area contributed by atoms with Crippen molar-refractivity contribution in [2.45, 2.75) is 0 Å². The zero-order valence-corrected chi connectivity index (χ0v) is 7.82. The summed E-state index contributed by atoms with van der Waals surface area (Å²) in [7, 11) is 0. The number of amides is 2. The molecule has 0 radical (unpaired) electrons. The fraction of sp³-hybridized carbons (Fsp3) is 0.714. The molecule has 0 atom stereocenters. The first-order valence-corrected chi connectivity index (χ1v) is 4.13. The quantitative estimate of drug-likeness (QED) is 0.423. The minimum absolute atomic E-state index is 0.0478. The Bertz CT molecular complexity index is 186. The summed E-state index contributed by atoms with van der Waals surface area (Å²) >= 11 is 0. The Balaban J connectivity index is 3.22. The lowest BCUT2D eigenvalue weighted by Gasteiger charge is -2.05. The number of ether oxygens (including phenoxy) is 2. The molecule has 0 aromatic heterocycles. The number of nitrogens with two attached hydrogens (primary N) is 2. The number of hydrogen-bond donors (Lipinski definition) is 3. The van der Waals surface area contributed by atoms with E-state index in [1.165, 1.54) is 0 Å². The van der Waals surface area contributed by atoms with Crippen LogP contribution in [0.5, 0.6) is 0 Å². The number of rotatable bonds is 7. The van der Waals surface area contributed by atoms with Gasteiger partial charge in [0.25, 0.3) is 0 Å². The predicted octanol–water partition coefficient (Wildman–Crippen LogP) is -1.83. The third-order valence-electron chi connectivity index (χ3n) is 1.16. The molecule has 0 heterocycles. The maximum Gasteiger partial charge on any atom is 0.404 e. The third-order valence-corrected chi connectivity index (χ3v) is 1.16. The zero-order chi connectivity index (χ0) is 10.8. The van der Waals surface area contributed by atoms with Gasteiger partial charge < -0.3 is 26.3 Å². The molecule has 0 aromatic rings. The van der Waals surface area contributed by atoms with E-state index in [0.717, 1.165) is 0 Å². The normalized spacial score (nSPS) is 9.50. The van der Waals surface area contributed by atoms with E-state index < -0.39 is 6.09 Å². The van der Waals surface area contributed by atoms with Crippen LogP contribution >= 0.6 is 0 Å². The molecule has 0 aromatic carbocycles. The van der Waals surface area contributed by atoms with Gasteiger partial charge in [-0.2, -0.15) is 0 Å². The molecule has 0 fully saturated rings. The molecule has 0 unspecified atom stereocenters. The lowest BCUT2D eigenvalue weighted by Crippen LogP contribution is -2.32. The van der Waals surface area contributed by atoms with Gasteiger partial charge in [-0.05, 0) is 0 Å². The molecule has 0 rings (SSSR count). The van der Waals surface area contributed by atoms with E-state index in [2.05, 4.69) is 10.1 Å². The smallest absolute Gasteiger partial charge is 0.404 e. The van der Waals surface area contributed by atoms with Crippen molar-refractivity contribution >= 4 is 12.0 Å². The molecule has 2 amide bonds. The summed E-state index contributed by atoms with van der Waals surface area (Å²) in [5, 5.41) is 2.46. The van der Waals surface area contributed by atoms with Gasteiger partial charge in [0.05, 0.1) is 13.2 Å². The van der Waals surface area contributed by atoms with Crippen LogP contribution in [0.25, 0.3) is 0 Å². The number of nitrogens with one attached hydrogen (secondary N) is 1. The van der Waals surface area contributed by atoms with Gasteiger partial charge in [-0.3, -0.25) is 4.79 Å². The Labute approximate surface area is 81.7 Å². The van der Waals surface area contributed by atoms with Crippen LogP contribution in [0.3, 0.4) is 0 Å². The van der Waals surface area contributed by atoms with Crippen molar-refractivity contribution in [1.29, 1.82) is 0 Å². The largest absolute Gasteiger partial charge is 0.448 e. The van der Waals surface area contributed by atoms with Crippen molar-refractivity contribution in [3.63, 3.8) is 0 Å². The molecule has 0 saturated heterocycles. The summed E-state index contributed by atoms with van der Waals surface area (Å²) in [6.45, 7) is 0.933. The average molecular weight is 205 g/mol. The summed E-state index contributed by atoms with van der Waals surface area (Å²) in [5.74, 6) is -0.286. The van der Waals surface area contributed by atoms with E-state index >= 15 is 0 Å². The highest BCUT2D eigenvalue weighted by atomic mass is 16.5. The van der Waals surface area contributed by atoms with E-state index in [9.17, 15) is 9.59 Å². The maximum absolute atomic E-state index is 10.9. The van der Waals surface area contributed by atoms with Gasteiger partial charge in [-0.1, -0.05) is 0 Å². The van der Waals surface area contributed by atoms with Crippen molar-refractivity contribution < 1.29 is 19.1 Å². The van der Waals surface area contributed by atoms with Crippen LogP contribution in [0.1, 0.15) is 0 Å². The van der Waals surface area contributed by atoms with E-state index in [4.69, 9.17) is 16.2 Å². The van der Waals surface area contributed by atoms with Crippen LogP contribution in [-0.2, 0) is 14.3 Å². The first-order chi connectivity index (χ1) is 6.66. The van der Waals surface area contributed by atoms with Crippen molar-refractivity contribution in [3.05, 3.63) is 0 Å². The Kier molecular flexibility index (Phi) is 7.48. The average Bonchev–Trinajstić information content (AvgIpc) is 2.13. The molecule has 0 bridgehead atoms. The standard InChI is InChI=1S/C7H15N3O4/c8-1-3-13-5-6(11)10-2-4-14-7(9)12/h1-5,8H2,(H2,9,12)(H,10,11). The molecule has 82 valence electrons. The lowest BCUT2D eigenvalue weighted by atomic mass is 10.6. The maximum atomic E-state index is 10.9. The monoisotopic (exact) mass is 205 g/mol. The van der Waals surface area contributed by atoms with Crippen LogP contribution in [-0.4, -0.2) is 44.9 Å². The van der Waals surface area contributed by atoms with Gasteiger partial charge in [0, 0.05) is 6.54 Å². The van der Waals surface area contributed by atoms with Crippen LogP contribution in [0.15, 0.2) is 0 Å². The first-order valence-electron chi connectivity index (χ1n) is 4.13. The van der Waals surface area contributed by atoms with E-state index in [1.54, 1.807) is 0 Å². The molecule has 5 N–H and O–H groups in total. The fourth-order valence-corrected chi connectivity index (χ4v) is 0.641. The Morgan fingerprint density at radius 3 is 2.57 bits per heavy atom. The van der Waals surface area contributed by atoms with E-state index in [-0.39, 0.29) is 25.7 Å². The lowest BCUT2D eigenvalue weighted by molar-refractivity contribution is -0.125. The minimum Gasteiger partial charge on any atom is -0.448 e. The summed E-state index contributed by atoms with van der Waals surface area (Å²) in [6.07, 6.45) is -0.862. The molecule has 0 aliphatic heterocycles. The van der Waals surface area contributed by atoms with Gasteiger partial charge in [0.1, 0.15) is 13.2 Å². The zero-order valence-electron chi connectivity index (χ0n) is 7.82. The van der Waals surface area contributed by atoms with Gasteiger partial charge in [-0.15, -0.1) is 0 Å². The fourth-order valence-electron chi connectivity index (χ4n) is 0.641. The van der Waals surface area contributed by atoms with E-state index in [0.29, 0.717) is 13.2 Å². The van der Waals surface area contributed by atoms with Gasteiger partial charge in [0.15, 0.2) is 0 Å². The SMILES string of the molecule is NCCOCC(=O)NCCOC(N)=O. The second-order valence-corrected chi connectivity index (χ2v) is 2.36. The number of primary amides is 1. The number of hydrogen-bond acceptors (Lipinski definition) is 5. The molecule has 0 saturated carbocycles. The highest BCUT2D eigenvalue weighted by molar-refractivity contribution is 5.77. The number of carbonyl (C=O) groups is 2. The minimum atomic E-state index is -0.862. The summed E-state index contributed by atoms with van der Waals surface area (Å²) < 4.78 is 9.23. The molecule has 0 spiro atoms. The van der Waals surface area contributed by atoms with Gasteiger partial charge >= 0.3 is 6.09 Å². The first kappa shape index (κ1) is 12.7. The number of carbonyl (C=O) groups excluding carboxylic acids is 2. The second kappa shape index (κ2) is 8.27. The molecule has 7 nitrogen and oxygen atoms in total. The van der Waals surface area contributed by atoms with E-state index in [1.807, 2.05) is 0 Å². The highest BCUT2D eigenvalue weighted by Gasteiger charge is 2.00. The molecule has 0 aliphatic carbocycles. The van der Waals surface area contributed by atoms with Crippen molar-refractivity contribution in [3.8, 4) is 0 Å². The Hall–Kier alpha value is -1.34. The summed E-state index contributed by atoms with van der Waals surface area (Å²) in [4.78, 5) is 21.0. The van der Waals surface area contributed by atoms with Crippen molar-refractivity contribution in [1.82, 2.24) is 5.32 Å². The molecule has 7 heteroatoms. The highest BCUT2D eigenvalue weighted by Crippen LogP contribution is 1.75. The third kappa shape index (κ3) is 8.75. The molecule has 14 heavy (non-hydrogen) atoms. The predicted molar refractivity (Wildman–Crippen MR) is 48.4 cm³/mol. The Morgan fingerprint density at radius 1 is 1.29 bits per heavy atom. The van der Waals surface area contributed by atoms with Gasteiger partial charge in [-0.25, -0.2) is 4.79 Å². The van der Waals surface area contributed by atoms with Crippen LogP contribution in [0, 0.1) is 0 Å². The Morgan fingerprint density at radius 2 is 2.00 bits per heavy atom. The van der Waals surface area contributed by atoms with Crippen molar-refractivity contribution in [2.24, 2.45) is 11.5 Å². The molecular weight excluding hydrogens is 190 g/mol. The van der Waals surface area contributed by atoms with Crippen LogP contribution in [0.4, 0.5) is 4.79 Å². The second-order valence-electron chi connectivity index (χ2n) is 2.36. The summed E-state index contributed by atoms with van der Waals surface area (Å²) in [6, 6.07) is 0. The van der Waals surface area contributed by atoms with Gasteiger partial charge in [0.2, 0.25) is 5.91 Å². The molecular formula is C7H15N3O4. The molecule has 0 aliphatic rings. The van der Waals surface area contributed by atoms with Crippen LogP contribution in [0.2, 0.25) is 0 Å². The van der Waals surface area contributed by atoms with Crippen LogP contribution < -0.4 is 16.8 Å².